The molecule has 0 unspecified atom stereocenters. The highest BCUT2D eigenvalue weighted by Crippen LogP contribution is 2.48. The van der Waals surface area contributed by atoms with Crippen LogP contribution in [0.1, 0.15) is 73.9 Å². The number of fused-ring (bicyclic) bond motifs is 3. The van der Waals surface area contributed by atoms with Gasteiger partial charge in [-0.15, -0.1) is 0 Å². The van der Waals surface area contributed by atoms with Gasteiger partial charge < -0.3 is 19.3 Å². The fourth-order valence-electron chi connectivity index (χ4n) is 7.05. The molecule has 256 valence electrons. The Morgan fingerprint density at radius 1 is 1.13 bits per heavy atom. The number of methoxy groups -OCH3 is 1. The number of carbonyl (C=O) groups excluding carboxylic acids is 2. The molecule has 2 heterocycles. The van der Waals surface area contributed by atoms with Crippen LogP contribution in [0, 0.1) is 17.8 Å². The second-order valence-corrected chi connectivity index (χ2v) is 16.1. The van der Waals surface area contributed by atoms with Crippen molar-refractivity contribution in [1.29, 1.82) is 0 Å². The van der Waals surface area contributed by atoms with E-state index in [2.05, 4.69) is 9.62 Å². The van der Waals surface area contributed by atoms with Gasteiger partial charge in [0.2, 0.25) is 15.9 Å². The maximum atomic E-state index is 13.5. The Balaban J connectivity index is 1.59. The van der Waals surface area contributed by atoms with Crippen molar-refractivity contribution in [2.24, 2.45) is 17.8 Å². The molecule has 9 nitrogen and oxygen atoms in total. The lowest BCUT2D eigenvalue weighted by Crippen LogP contribution is -2.53. The third-order valence-electron chi connectivity index (χ3n) is 10.5. The van der Waals surface area contributed by atoms with E-state index in [0.29, 0.717) is 36.9 Å². The monoisotopic (exact) mass is 685 g/mol. The fourth-order valence-corrected chi connectivity index (χ4v) is 8.53. The predicted octanol–water partition coefficient (Wildman–Crippen LogP) is 6.00. The Labute approximate surface area is 284 Å². The van der Waals surface area contributed by atoms with Crippen molar-refractivity contribution in [2.75, 3.05) is 39.2 Å². The molecule has 0 spiro atoms. The van der Waals surface area contributed by atoms with Gasteiger partial charge in [0.05, 0.1) is 23.0 Å². The number of hydrogen-bond acceptors (Lipinski definition) is 7. The molecular formula is C36H48ClN3O6S. The first kappa shape index (κ1) is 35.2. The first-order valence-electron chi connectivity index (χ1n) is 16.6. The van der Waals surface area contributed by atoms with Crippen LogP contribution in [0.5, 0.6) is 5.75 Å². The molecule has 1 fully saturated rings. The van der Waals surface area contributed by atoms with Gasteiger partial charge >= 0.3 is 0 Å². The van der Waals surface area contributed by atoms with Crippen LogP contribution in [0.25, 0.3) is 0 Å². The Kier molecular flexibility index (Phi) is 10.9. The van der Waals surface area contributed by atoms with Gasteiger partial charge in [0.15, 0.2) is 0 Å². The third-order valence-corrected chi connectivity index (χ3v) is 12.6. The SMILES string of the molecule is CO[C@@]1(CC(=O)N(C)C)/C=C/C[C@H](C)[C@@H](C)S(=O)(=O)NC(=O)c2ccc3c(c2)N(CCCCc2cc(Cl)ccc2CO3)C[C@@H]2CC[C@H]21. The Morgan fingerprint density at radius 3 is 2.62 bits per heavy atom. The second-order valence-electron chi connectivity index (χ2n) is 13.7. The summed E-state index contributed by atoms with van der Waals surface area (Å²) in [4.78, 5) is 30.5. The summed E-state index contributed by atoms with van der Waals surface area (Å²) in [6.07, 6.45) is 9.15. The van der Waals surface area contributed by atoms with E-state index in [0.717, 1.165) is 48.9 Å². The van der Waals surface area contributed by atoms with Gasteiger partial charge in [-0.2, -0.15) is 0 Å². The molecule has 1 N–H and O–H groups in total. The number of nitrogens with zero attached hydrogens (tertiary/aromatic N) is 2. The summed E-state index contributed by atoms with van der Waals surface area (Å²) in [5, 5.41) is -0.145. The zero-order valence-corrected chi connectivity index (χ0v) is 29.7. The maximum Gasteiger partial charge on any atom is 0.264 e. The van der Waals surface area contributed by atoms with Gasteiger partial charge in [-0.25, -0.2) is 13.1 Å². The first-order chi connectivity index (χ1) is 22.3. The van der Waals surface area contributed by atoms with Crippen molar-refractivity contribution in [3.05, 3.63) is 70.3 Å². The molecule has 47 heavy (non-hydrogen) atoms. The van der Waals surface area contributed by atoms with Crippen molar-refractivity contribution < 1.29 is 27.5 Å². The van der Waals surface area contributed by atoms with Crippen LogP contribution >= 0.6 is 11.6 Å². The summed E-state index contributed by atoms with van der Waals surface area (Å²) in [6.45, 7) is 5.19. The molecule has 1 saturated carbocycles. The minimum absolute atomic E-state index is 0.0263. The average Bonchev–Trinajstić information content (AvgIpc) is 3.04. The second kappa shape index (κ2) is 14.6. The van der Waals surface area contributed by atoms with Crippen molar-refractivity contribution in [3.63, 3.8) is 0 Å². The highest BCUT2D eigenvalue weighted by molar-refractivity contribution is 7.90. The largest absolute Gasteiger partial charge is 0.487 e. The number of rotatable bonds is 3. The van der Waals surface area contributed by atoms with E-state index in [-0.39, 0.29) is 35.6 Å². The van der Waals surface area contributed by atoms with Crippen molar-refractivity contribution in [2.45, 2.75) is 76.3 Å². The summed E-state index contributed by atoms with van der Waals surface area (Å²) in [7, 11) is 1.18. The number of halogens is 1. The summed E-state index contributed by atoms with van der Waals surface area (Å²) in [5.41, 5.74) is 2.37. The number of hydrogen-bond donors (Lipinski definition) is 1. The molecule has 2 aromatic carbocycles. The average molecular weight is 686 g/mol. The Bertz CT molecular complexity index is 1610. The standard InChI is InChI=1S/C36H48ClN3O6S/c1-24-9-8-17-36(45-5,21-34(41)39(3)4)31-15-12-28(31)22-40-18-7-6-10-26-19-30(37)14-11-29(26)23-46-33-16-13-27(20-32(33)40)35(42)38-47(43,44)25(24)2/h8,11,13-14,16-17,19-20,24-25,28,31H,6-7,9-10,12,15,18,21-23H2,1-5H3,(H,38,42)/b17-8+/t24-,25+,28-,31+,36+/m0/s1. The first-order valence-corrected chi connectivity index (χ1v) is 18.5. The lowest BCUT2D eigenvalue weighted by Gasteiger charge is -2.50. The summed E-state index contributed by atoms with van der Waals surface area (Å²) >= 11 is 6.35. The molecule has 2 bridgehead atoms. The van der Waals surface area contributed by atoms with Crippen LogP contribution in [0.3, 0.4) is 0 Å². The molecule has 11 heteroatoms. The summed E-state index contributed by atoms with van der Waals surface area (Å²) in [5.74, 6) is -0.0859. The Hall–Kier alpha value is -3.08. The molecule has 0 saturated heterocycles. The zero-order chi connectivity index (χ0) is 33.9. The number of ether oxygens (including phenoxy) is 2. The predicted molar refractivity (Wildman–Crippen MR) is 185 cm³/mol. The van der Waals surface area contributed by atoms with Crippen LogP contribution in [-0.2, 0) is 32.6 Å². The number of anilines is 1. The Morgan fingerprint density at radius 2 is 1.91 bits per heavy atom. The van der Waals surface area contributed by atoms with Crippen molar-refractivity contribution >= 4 is 39.1 Å². The van der Waals surface area contributed by atoms with Crippen LogP contribution in [0.15, 0.2) is 48.6 Å². The number of amides is 2. The minimum atomic E-state index is -3.99. The lowest BCUT2D eigenvalue weighted by atomic mass is 9.63. The van der Waals surface area contributed by atoms with Gasteiger partial charge in [0, 0.05) is 44.9 Å². The molecule has 0 aromatic heterocycles. The van der Waals surface area contributed by atoms with E-state index in [1.54, 1.807) is 51.2 Å². The van der Waals surface area contributed by atoms with Crippen LogP contribution < -0.4 is 14.4 Å². The zero-order valence-electron chi connectivity index (χ0n) is 28.1. The molecule has 2 aliphatic heterocycles. The smallest absolute Gasteiger partial charge is 0.264 e. The number of carbonyl (C=O) groups is 2. The van der Waals surface area contributed by atoms with Gasteiger partial charge in [-0.1, -0.05) is 36.7 Å². The fraction of sp³-hybridized carbons (Fsp3) is 0.556. The van der Waals surface area contributed by atoms with E-state index < -0.39 is 26.8 Å². The normalized spacial score (nSPS) is 28.6. The molecule has 0 radical (unpaired) electrons. The summed E-state index contributed by atoms with van der Waals surface area (Å²) in [6, 6.07) is 11.0. The lowest BCUT2D eigenvalue weighted by molar-refractivity contribution is -0.140. The van der Waals surface area contributed by atoms with Crippen molar-refractivity contribution in [1.82, 2.24) is 9.62 Å². The van der Waals surface area contributed by atoms with Gasteiger partial charge in [-0.3, -0.25) is 9.59 Å². The van der Waals surface area contributed by atoms with Crippen LogP contribution in [-0.4, -0.2) is 70.3 Å². The minimum Gasteiger partial charge on any atom is -0.487 e. The van der Waals surface area contributed by atoms with E-state index in [1.807, 2.05) is 37.3 Å². The van der Waals surface area contributed by atoms with E-state index in [9.17, 15) is 18.0 Å². The van der Waals surface area contributed by atoms with E-state index in [1.165, 1.54) is 0 Å². The van der Waals surface area contributed by atoms with Gasteiger partial charge in [0.25, 0.3) is 5.91 Å². The van der Waals surface area contributed by atoms with E-state index >= 15 is 0 Å². The molecule has 2 amide bonds. The highest BCUT2D eigenvalue weighted by atomic mass is 35.5. The van der Waals surface area contributed by atoms with Gasteiger partial charge in [0.1, 0.15) is 12.4 Å². The third kappa shape index (κ3) is 7.81. The molecular weight excluding hydrogens is 638 g/mol. The van der Waals surface area contributed by atoms with Crippen LogP contribution in [0.4, 0.5) is 5.69 Å². The van der Waals surface area contributed by atoms with E-state index in [4.69, 9.17) is 21.1 Å². The summed E-state index contributed by atoms with van der Waals surface area (Å²) < 4.78 is 41.9. The van der Waals surface area contributed by atoms with Crippen LogP contribution in [0.2, 0.25) is 5.02 Å². The number of aryl methyl sites for hydroxylation is 1. The molecule has 1 aliphatic carbocycles. The quantitative estimate of drug-likeness (QED) is 0.396. The molecule has 2 aromatic rings. The molecule has 3 aliphatic rings. The maximum absolute atomic E-state index is 13.5. The topological polar surface area (TPSA) is 105 Å². The number of benzene rings is 2. The van der Waals surface area contributed by atoms with Gasteiger partial charge in [-0.05, 0) is 105 Å². The highest BCUT2D eigenvalue weighted by Gasteiger charge is 2.48. The number of allylic oxidation sites excluding steroid dienone is 1. The molecule has 5 atom stereocenters. The number of sulfonamides is 1. The molecule has 5 rings (SSSR count). The number of nitrogens with one attached hydrogen (secondary N) is 1. The van der Waals surface area contributed by atoms with Crippen molar-refractivity contribution in [3.8, 4) is 5.75 Å².